The molecule has 72 valence electrons. The summed E-state index contributed by atoms with van der Waals surface area (Å²) in [6.07, 6.45) is 2.74. The van der Waals surface area contributed by atoms with Crippen molar-refractivity contribution in [2.24, 2.45) is 0 Å². The van der Waals surface area contributed by atoms with Crippen molar-refractivity contribution in [3.05, 3.63) is 17.4 Å². The normalized spacial score (nSPS) is 11.6. The number of hydrogen-bond donors (Lipinski definition) is 2. The topological polar surface area (TPSA) is 83.3 Å². The molecule has 5 nitrogen and oxygen atoms in total. The Morgan fingerprint density at radius 1 is 1.46 bits per heavy atom. The van der Waals surface area contributed by atoms with Crippen molar-refractivity contribution in [3.63, 3.8) is 0 Å². The van der Waals surface area contributed by atoms with Gasteiger partial charge in [-0.1, -0.05) is 23.4 Å². The lowest BCUT2D eigenvalue weighted by Crippen LogP contribution is -1.87. The lowest BCUT2D eigenvalue weighted by Gasteiger charge is -2.01. The van der Waals surface area contributed by atoms with Gasteiger partial charge in [-0.3, -0.25) is 4.57 Å². The molecule has 0 aliphatic rings. The molecule has 13 heavy (non-hydrogen) atoms. The van der Waals surface area contributed by atoms with Crippen molar-refractivity contribution in [2.75, 3.05) is 5.49 Å². The molecule has 1 heterocycles. The average molecular weight is 241 g/mol. The smallest absolute Gasteiger partial charge is 0.324 e. The summed E-state index contributed by atoms with van der Waals surface area (Å²) in [6, 6.07) is 0. The van der Waals surface area contributed by atoms with Gasteiger partial charge in [-0.15, -0.1) is 0 Å². The highest BCUT2D eigenvalue weighted by molar-refractivity contribution is 8.04. The fraction of sp³-hybridized carbons (Fsp3) is 0.200. The summed E-state index contributed by atoms with van der Waals surface area (Å²) in [5.41, 5.74) is -0.325. The van der Waals surface area contributed by atoms with Crippen LogP contribution in [0.25, 0.3) is 0 Å². The van der Waals surface area contributed by atoms with Gasteiger partial charge in [-0.2, -0.15) is 0 Å². The molecule has 0 spiro atoms. The molecule has 0 saturated carbocycles. The van der Waals surface area contributed by atoms with Crippen LogP contribution in [-0.4, -0.2) is 25.2 Å². The standard InChI is InChI=1S/C5H6ClN2O3PS/c6-4-1-7-5(8-2-4)13-3-12(9,10)11/h1-2H,3H2,(H2,9,10,11). The molecule has 0 bridgehead atoms. The Bertz CT molecular complexity index is 327. The van der Waals surface area contributed by atoms with E-state index in [4.69, 9.17) is 21.4 Å². The summed E-state index contributed by atoms with van der Waals surface area (Å²) >= 11 is 6.41. The molecule has 0 saturated heterocycles. The molecule has 8 heteroatoms. The van der Waals surface area contributed by atoms with Gasteiger partial charge in [0.15, 0.2) is 5.16 Å². The highest BCUT2D eigenvalue weighted by Crippen LogP contribution is 2.40. The van der Waals surface area contributed by atoms with E-state index in [1.807, 2.05) is 0 Å². The van der Waals surface area contributed by atoms with Crippen molar-refractivity contribution in [1.29, 1.82) is 0 Å². The third kappa shape index (κ3) is 4.59. The lowest BCUT2D eigenvalue weighted by molar-refractivity contribution is 0.379. The fourth-order valence-corrected chi connectivity index (χ4v) is 2.00. The molecule has 2 N–H and O–H groups in total. The molecule has 0 aromatic carbocycles. The van der Waals surface area contributed by atoms with Crippen molar-refractivity contribution >= 4 is 31.0 Å². The predicted octanol–water partition coefficient (Wildman–Crippen LogP) is 1.36. The van der Waals surface area contributed by atoms with E-state index in [1.165, 1.54) is 12.4 Å². The van der Waals surface area contributed by atoms with Crippen LogP contribution in [0.15, 0.2) is 17.6 Å². The number of halogens is 1. The second kappa shape index (κ2) is 4.39. The lowest BCUT2D eigenvalue weighted by atomic mass is 10.7. The van der Waals surface area contributed by atoms with E-state index in [1.54, 1.807) is 0 Å². The summed E-state index contributed by atoms with van der Waals surface area (Å²) in [6.45, 7) is 0. The van der Waals surface area contributed by atoms with Gasteiger partial charge in [0, 0.05) is 0 Å². The number of nitrogens with zero attached hydrogens (tertiary/aromatic N) is 2. The molecule has 0 radical (unpaired) electrons. The Labute approximate surface area is 83.7 Å². The zero-order chi connectivity index (χ0) is 9.90. The monoisotopic (exact) mass is 240 g/mol. The Balaban J connectivity index is 2.56. The molecular formula is C5H6ClN2O3PS. The van der Waals surface area contributed by atoms with E-state index in [0.29, 0.717) is 10.2 Å². The van der Waals surface area contributed by atoms with Crippen LogP contribution in [0.3, 0.4) is 0 Å². The van der Waals surface area contributed by atoms with Crippen LogP contribution < -0.4 is 0 Å². The van der Waals surface area contributed by atoms with Crippen LogP contribution in [0.2, 0.25) is 5.02 Å². The second-order valence-corrected chi connectivity index (χ2v) is 5.57. The summed E-state index contributed by atoms with van der Waals surface area (Å²) < 4.78 is 10.5. The Hall–Kier alpha value is -0.130. The molecule has 0 fully saturated rings. The first kappa shape index (κ1) is 10.9. The van der Waals surface area contributed by atoms with Crippen molar-refractivity contribution in [3.8, 4) is 0 Å². The van der Waals surface area contributed by atoms with Crippen LogP contribution in [0.5, 0.6) is 0 Å². The summed E-state index contributed by atoms with van der Waals surface area (Å²) in [7, 11) is -3.99. The van der Waals surface area contributed by atoms with E-state index < -0.39 is 7.60 Å². The van der Waals surface area contributed by atoms with Gasteiger partial charge < -0.3 is 9.79 Å². The van der Waals surface area contributed by atoms with Gasteiger partial charge in [-0.25, -0.2) is 9.97 Å². The molecule has 1 aromatic heterocycles. The van der Waals surface area contributed by atoms with E-state index >= 15 is 0 Å². The van der Waals surface area contributed by atoms with Crippen LogP contribution >= 0.6 is 31.0 Å². The van der Waals surface area contributed by atoms with E-state index in [0.717, 1.165) is 11.8 Å². The Morgan fingerprint density at radius 2 is 2.00 bits per heavy atom. The average Bonchev–Trinajstić information content (AvgIpc) is 2.02. The minimum absolute atomic E-state index is 0.299. The second-order valence-electron chi connectivity index (χ2n) is 2.12. The van der Waals surface area contributed by atoms with Crippen molar-refractivity contribution in [1.82, 2.24) is 9.97 Å². The molecule has 0 unspecified atom stereocenters. The summed E-state index contributed by atoms with van der Waals surface area (Å²) in [5, 5.41) is 0.688. The molecule has 1 rings (SSSR count). The summed E-state index contributed by atoms with van der Waals surface area (Å²) in [4.78, 5) is 24.6. The molecule has 0 aliphatic carbocycles. The minimum atomic E-state index is -3.99. The Kier molecular flexibility index (Phi) is 3.70. The molecule has 0 atom stereocenters. The van der Waals surface area contributed by atoms with Crippen LogP contribution in [0.4, 0.5) is 0 Å². The maximum Gasteiger partial charge on any atom is 0.335 e. The van der Waals surface area contributed by atoms with Gasteiger partial charge in [0.1, 0.15) is 5.49 Å². The number of hydrogen-bond acceptors (Lipinski definition) is 4. The van der Waals surface area contributed by atoms with E-state index in [2.05, 4.69) is 9.97 Å². The fourth-order valence-electron chi connectivity index (χ4n) is 0.517. The van der Waals surface area contributed by atoms with Crippen LogP contribution in [0.1, 0.15) is 0 Å². The van der Waals surface area contributed by atoms with Gasteiger partial charge >= 0.3 is 7.60 Å². The van der Waals surface area contributed by atoms with E-state index in [-0.39, 0.29) is 5.49 Å². The highest BCUT2D eigenvalue weighted by atomic mass is 35.5. The number of aromatic nitrogens is 2. The first-order chi connectivity index (χ1) is 5.97. The highest BCUT2D eigenvalue weighted by Gasteiger charge is 2.13. The van der Waals surface area contributed by atoms with Gasteiger partial charge in [0.25, 0.3) is 0 Å². The third-order valence-electron chi connectivity index (χ3n) is 0.958. The zero-order valence-electron chi connectivity index (χ0n) is 6.29. The maximum absolute atomic E-state index is 10.5. The Morgan fingerprint density at radius 3 is 2.46 bits per heavy atom. The third-order valence-corrected chi connectivity index (χ3v) is 3.48. The first-order valence-electron chi connectivity index (χ1n) is 3.12. The first-order valence-corrected chi connectivity index (χ1v) is 6.28. The summed E-state index contributed by atoms with van der Waals surface area (Å²) in [5.74, 6) is 0. The van der Waals surface area contributed by atoms with Gasteiger partial charge in [0.05, 0.1) is 17.4 Å². The largest absolute Gasteiger partial charge is 0.335 e. The maximum atomic E-state index is 10.5. The van der Waals surface area contributed by atoms with E-state index in [9.17, 15) is 4.57 Å². The quantitative estimate of drug-likeness (QED) is 0.472. The molecular weight excluding hydrogens is 235 g/mol. The van der Waals surface area contributed by atoms with Gasteiger partial charge in [0.2, 0.25) is 0 Å². The molecule has 0 aliphatic heterocycles. The molecule has 1 aromatic rings. The molecule has 0 amide bonds. The number of rotatable bonds is 3. The van der Waals surface area contributed by atoms with Gasteiger partial charge in [-0.05, 0) is 0 Å². The minimum Gasteiger partial charge on any atom is -0.324 e. The number of thioether (sulfide) groups is 1. The predicted molar refractivity (Wildman–Crippen MR) is 49.8 cm³/mol. The van der Waals surface area contributed by atoms with Crippen LogP contribution in [0, 0.1) is 0 Å². The van der Waals surface area contributed by atoms with Crippen molar-refractivity contribution < 1.29 is 14.4 Å². The SMILES string of the molecule is O=P(O)(O)CSc1ncc(Cl)cn1. The van der Waals surface area contributed by atoms with Crippen molar-refractivity contribution in [2.45, 2.75) is 5.16 Å². The zero-order valence-corrected chi connectivity index (χ0v) is 8.76. The van der Waals surface area contributed by atoms with Crippen LogP contribution in [-0.2, 0) is 4.57 Å².